The van der Waals surface area contributed by atoms with Crippen LogP contribution in [0.3, 0.4) is 0 Å². The summed E-state index contributed by atoms with van der Waals surface area (Å²) < 4.78 is 27.7. The van der Waals surface area contributed by atoms with Gasteiger partial charge in [0.2, 0.25) is 15.9 Å². The van der Waals surface area contributed by atoms with Crippen molar-refractivity contribution >= 4 is 27.3 Å². The molecule has 1 aromatic heterocycles. The van der Waals surface area contributed by atoms with Gasteiger partial charge in [-0.25, -0.2) is 13.4 Å². The molecule has 0 spiro atoms. The fraction of sp³-hybridized carbons (Fsp3) is 0.545. The highest BCUT2D eigenvalue weighted by molar-refractivity contribution is 7.89. The third-order valence-electron chi connectivity index (χ3n) is 6.73. The van der Waals surface area contributed by atoms with Gasteiger partial charge in [0, 0.05) is 36.9 Å². The van der Waals surface area contributed by atoms with E-state index in [1.807, 2.05) is 24.6 Å². The molecule has 0 N–H and O–H groups in total. The lowest BCUT2D eigenvalue weighted by Gasteiger charge is -2.39. The van der Waals surface area contributed by atoms with Crippen LogP contribution >= 0.6 is 11.3 Å². The van der Waals surface area contributed by atoms with Gasteiger partial charge in [-0.05, 0) is 50.2 Å². The number of carbonyl (C=O) groups excluding carboxylic acids is 1. The molecular weight excluding hydrogens is 418 g/mol. The summed E-state index contributed by atoms with van der Waals surface area (Å²) in [5.74, 6) is 0.630. The van der Waals surface area contributed by atoms with Gasteiger partial charge in [0.1, 0.15) is 0 Å². The van der Waals surface area contributed by atoms with E-state index in [2.05, 4.69) is 9.88 Å². The summed E-state index contributed by atoms with van der Waals surface area (Å²) in [6.07, 6.45) is 4.38. The summed E-state index contributed by atoms with van der Waals surface area (Å²) in [6.45, 7) is 3.38. The van der Waals surface area contributed by atoms with E-state index in [9.17, 15) is 13.2 Å². The zero-order valence-corrected chi connectivity index (χ0v) is 18.8. The maximum Gasteiger partial charge on any atom is 0.243 e. The molecule has 2 fully saturated rings. The highest BCUT2D eigenvalue weighted by atomic mass is 32.2. The number of rotatable bonds is 4. The summed E-state index contributed by atoms with van der Waals surface area (Å²) in [5.41, 5.74) is 3.78. The largest absolute Gasteiger partial charge is 0.333 e. The first-order valence-corrected chi connectivity index (χ1v) is 13.1. The second-order valence-electron chi connectivity index (χ2n) is 8.67. The average Bonchev–Trinajstić information content (AvgIpc) is 3.48. The Bertz CT molecular complexity index is 1050. The Morgan fingerprint density at radius 1 is 1.10 bits per heavy atom. The standard InChI is InChI=1S/C22H27N3O3S2/c1-15-4-2-3-5-19(15)30(27,28)24-11-8-17(9-12-24)22(26)25-13-10-18-20(23-14-29-18)21(25)16-6-7-16/h2-5,14,16-17,21H,6-13H2,1H3. The summed E-state index contributed by atoms with van der Waals surface area (Å²) in [6, 6.07) is 7.23. The smallest absolute Gasteiger partial charge is 0.243 e. The molecule has 1 atom stereocenters. The van der Waals surface area contributed by atoms with Crippen LogP contribution in [0.5, 0.6) is 0 Å². The number of carbonyl (C=O) groups is 1. The van der Waals surface area contributed by atoms with E-state index < -0.39 is 10.0 Å². The Morgan fingerprint density at radius 3 is 2.53 bits per heavy atom. The number of fused-ring (bicyclic) bond motifs is 1. The van der Waals surface area contributed by atoms with E-state index in [4.69, 9.17) is 0 Å². The maximum absolute atomic E-state index is 13.4. The Labute approximate surface area is 182 Å². The van der Waals surface area contributed by atoms with Gasteiger partial charge in [0.25, 0.3) is 0 Å². The second-order valence-corrected chi connectivity index (χ2v) is 11.5. The van der Waals surface area contributed by atoms with Crippen LogP contribution in [0, 0.1) is 18.8 Å². The molecule has 1 aliphatic carbocycles. The molecule has 1 amide bonds. The van der Waals surface area contributed by atoms with Gasteiger partial charge in [-0.3, -0.25) is 4.79 Å². The minimum absolute atomic E-state index is 0.102. The number of aromatic nitrogens is 1. The van der Waals surface area contributed by atoms with Crippen LogP contribution in [0.4, 0.5) is 0 Å². The average molecular weight is 446 g/mol. The number of nitrogens with zero attached hydrogens (tertiary/aromatic N) is 3. The van der Waals surface area contributed by atoms with Crippen LogP contribution in [-0.2, 0) is 21.2 Å². The Morgan fingerprint density at radius 2 is 1.83 bits per heavy atom. The molecule has 1 aromatic carbocycles. The van der Waals surface area contributed by atoms with Gasteiger partial charge in [0.05, 0.1) is 22.1 Å². The van der Waals surface area contributed by atoms with Crippen molar-refractivity contribution in [2.75, 3.05) is 19.6 Å². The molecule has 30 heavy (non-hydrogen) atoms. The predicted octanol–water partition coefficient (Wildman–Crippen LogP) is 3.39. The molecule has 3 heterocycles. The van der Waals surface area contributed by atoms with Crippen molar-refractivity contribution in [3.8, 4) is 0 Å². The number of hydrogen-bond acceptors (Lipinski definition) is 5. The van der Waals surface area contributed by atoms with E-state index in [1.165, 1.54) is 17.7 Å². The Kier molecular flexibility index (Phi) is 5.19. The molecule has 0 bridgehead atoms. The van der Waals surface area contributed by atoms with Crippen molar-refractivity contribution in [1.82, 2.24) is 14.2 Å². The monoisotopic (exact) mass is 445 g/mol. The summed E-state index contributed by atoms with van der Waals surface area (Å²) >= 11 is 1.70. The van der Waals surface area contributed by atoms with Crippen LogP contribution < -0.4 is 0 Å². The van der Waals surface area contributed by atoms with Gasteiger partial charge in [-0.2, -0.15) is 4.31 Å². The van der Waals surface area contributed by atoms with Crippen LogP contribution in [0.25, 0.3) is 0 Å². The van der Waals surface area contributed by atoms with Crippen molar-refractivity contribution in [2.45, 2.75) is 50.0 Å². The van der Waals surface area contributed by atoms with E-state index in [0.29, 0.717) is 36.7 Å². The minimum Gasteiger partial charge on any atom is -0.333 e. The van der Waals surface area contributed by atoms with E-state index in [1.54, 1.807) is 27.8 Å². The molecule has 1 saturated heterocycles. The zero-order chi connectivity index (χ0) is 20.9. The highest BCUT2D eigenvalue weighted by Crippen LogP contribution is 2.48. The zero-order valence-electron chi connectivity index (χ0n) is 17.2. The Hall–Kier alpha value is -1.77. The van der Waals surface area contributed by atoms with Gasteiger partial charge >= 0.3 is 0 Å². The predicted molar refractivity (Wildman–Crippen MR) is 116 cm³/mol. The van der Waals surface area contributed by atoms with E-state index in [0.717, 1.165) is 24.2 Å². The molecule has 3 aliphatic rings. The van der Waals surface area contributed by atoms with Crippen LogP contribution in [-0.4, -0.2) is 48.1 Å². The van der Waals surface area contributed by atoms with Crippen LogP contribution in [0.15, 0.2) is 34.7 Å². The first-order valence-electron chi connectivity index (χ1n) is 10.8. The molecule has 1 saturated carbocycles. The minimum atomic E-state index is -3.51. The molecule has 8 heteroatoms. The number of thiazole rings is 1. The van der Waals surface area contributed by atoms with Crippen molar-refractivity contribution in [3.63, 3.8) is 0 Å². The van der Waals surface area contributed by atoms with Gasteiger partial charge in [0.15, 0.2) is 0 Å². The van der Waals surface area contributed by atoms with Crippen LogP contribution in [0.1, 0.15) is 47.9 Å². The quantitative estimate of drug-likeness (QED) is 0.723. The fourth-order valence-electron chi connectivity index (χ4n) is 4.92. The fourth-order valence-corrected chi connectivity index (χ4v) is 7.41. The lowest BCUT2D eigenvalue weighted by atomic mass is 9.92. The van der Waals surface area contributed by atoms with E-state index >= 15 is 0 Å². The first kappa shape index (κ1) is 20.2. The van der Waals surface area contributed by atoms with Gasteiger partial charge in [-0.15, -0.1) is 11.3 Å². The maximum atomic E-state index is 13.4. The third-order valence-corrected chi connectivity index (χ3v) is 9.70. The third kappa shape index (κ3) is 3.48. The molecule has 0 radical (unpaired) electrons. The normalized spacial score (nSPS) is 23.4. The summed E-state index contributed by atoms with van der Waals surface area (Å²) in [5, 5.41) is 0. The van der Waals surface area contributed by atoms with E-state index in [-0.39, 0.29) is 17.9 Å². The summed E-state index contributed by atoms with van der Waals surface area (Å²) in [7, 11) is -3.51. The first-order chi connectivity index (χ1) is 14.5. The van der Waals surface area contributed by atoms with Crippen LogP contribution in [0.2, 0.25) is 0 Å². The number of hydrogen-bond donors (Lipinski definition) is 0. The van der Waals surface area contributed by atoms with Gasteiger partial charge < -0.3 is 4.90 Å². The molecule has 1 unspecified atom stereocenters. The number of sulfonamides is 1. The lowest BCUT2D eigenvalue weighted by molar-refractivity contribution is -0.140. The topological polar surface area (TPSA) is 70.6 Å². The SMILES string of the molecule is Cc1ccccc1S(=O)(=O)N1CCC(C(=O)N2CCc3scnc3C2C2CC2)CC1. The van der Waals surface area contributed by atoms with Gasteiger partial charge in [-0.1, -0.05) is 18.2 Å². The number of benzene rings is 1. The molecule has 6 nitrogen and oxygen atoms in total. The number of amides is 1. The second kappa shape index (κ2) is 7.73. The van der Waals surface area contributed by atoms with Crippen molar-refractivity contribution in [3.05, 3.63) is 45.9 Å². The molecule has 160 valence electrons. The molecule has 5 rings (SSSR count). The highest BCUT2D eigenvalue weighted by Gasteiger charge is 2.45. The lowest BCUT2D eigenvalue weighted by Crippen LogP contribution is -2.47. The van der Waals surface area contributed by atoms with Crippen molar-refractivity contribution in [1.29, 1.82) is 0 Å². The molecule has 2 aliphatic heterocycles. The molecular formula is C22H27N3O3S2. The van der Waals surface area contributed by atoms with Crippen molar-refractivity contribution in [2.24, 2.45) is 11.8 Å². The Balaban J connectivity index is 1.29. The number of aryl methyl sites for hydroxylation is 1. The van der Waals surface area contributed by atoms with Crippen molar-refractivity contribution < 1.29 is 13.2 Å². The molecule has 2 aromatic rings. The summed E-state index contributed by atoms with van der Waals surface area (Å²) in [4.78, 5) is 21.8. The number of piperidine rings is 1.